The zero-order chi connectivity index (χ0) is 29.4. The van der Waals surface area contributed by atoms with Crippen molar-refractivity contribution in [3.63, 3.8) is 0 Å². The van der Waals surface area contributed by atoms with Gasteiger partial charge in [0.1, 0.15) is 19.8 Å². The monoisotopic (exact) mass is 546 g/mol. The number of benzene rings is 1. The van der Waals surface area contributed by atoms with Crippen LogP contribution in [0.2, 0.25) is 0 Å². The first-order valence-electron chi connectivity index (χ1n) is 13.5. The third-order valence-corrected chi connectivity index (χ3v) is 6.96. The number of allylic oxidation sites excluding steroid dienone is 6. The van der Waals surface area contributed by atoms with Crippen LogP contribution < -0.4 is 10.0 Å². The van der Waals surface area contributed by atoms with Crippen LogP contribution >= 0.6 is 0 Å². The van der Waals surface area contributed by atoms with Gasteiger partial charge in [-0.1, -0.05) is 37.4 Å². The van der Waals surface area contributed by atoms with E-state index in [-0.39, 0.29) is 36.2 Å². The molecule has 8 heteroatoms. The van der Waals surface area contributed by atoms with E-state index in [0.29, 0.717) is 42.9 Å². The summed E-state index contributed by atoms with van der Waals surface area (Å²) in [6.45, 7) is 17.3. The molecule has 0 bridgehead atoms. The number of hydrogen-bond donors (Lipinski definition) is 0. The molecule has 0 radical (unpaired) electrons. The van der Waals surface area contributed by atoms with Gasteiger partial charge in [0.15, 0.2) is 18.0 Å². The van der Waals surface area contributed by atoms with Gasteiger partial charge in [-0.05, 0) is 45.4 Å². The van der Waals surface area contributed by atoms with Gasteiger partial charge in [0.25, 0.3) is 0 Å². The molecule has 1 aromatic carbocycles. The number of nitrogens with zero attached hydrogens (tertiary/aromatic N) is 2. The summed E-state index contributed by atoms with van der Waals surface area (Å²) in [5, 5.41) is 13.1. The zero-order valence-electron chi connectivity index (χ0n) is 23.8. The summed E-state index contributed by atoms with van der Waals surface area (Å²) in [6, 6.07) is 7.32. The van der Waals surface area contributed by atoms with Crippen molar-refractivity contribution in [3.05, 3.63) is 84.2 Å². The van der Waals surface area contributed by atoms with Crippen LogP contribution in [0, 0.1) is 11.8 Å². The van der Waals surface area contributed by atoms with Crippen molar-refractivity contribution in [2.45, 2.75) is 27.7 Å². The van der Waals surface area contributed by atoms with E-state index in [1.807, 2.05) is 55.2 Å². The van der Waals surface area contributed by atoms with Crippen LogP contribution in [0.3, 0.4) is 0 Å². The van der Waals surface area contributed by atoms with Crippen LogP contribution in [0.1, 0.15) is 33.3 Å². The lowest BCUT2D eigenvalue weighted by molar-refractivity contribution is -0.524. The van der Waals surface area contributed by atoms with E-state index in [0.717, 1.165) is 11.4 Å². The average molecular weight is 547 g/mol. The van der Waals surface area contributed by atoms with Crippen LogP contribution in [0.15, 0.2) is 78.6 Å². The lowest BCUT2D eigenvalue weighted by atomic mass is 9.71. The van der Waals surface area contributed by atoms with Crippen molar-refractivity contribution in [3.8, 4) is 0 Å². The first-order valence-corrected chi connectivity index (χ1v) is 13.5. The van der Waals surface area contributed by atoms with Gasteiger partial charge < -0.3 is 19.5 Å². The Labute approximate surface area is 236 Å². The number of Topliss-reactive ketones (excluding diaryl/α,β-unsaturated/α-hetero) is 1. The summed E-state index contributed by atoms with van der Waals surface area (Å²) in [5.41, 5.74) is 3.40. The molecule has 1 aromatic rings. The summed E-state index contributed by atoms with van der Waals surface area (Å²) in [5.74, 6) is -2.16. The molecular formula is C32H38N2O6. The molecule has 0 saturated carbocycles. The Bertz CT molecular complexity index is 1280. The minimum Gasteiger partial charge on any atom is -0.874 e. The maximum absolute atomic E-state index is 13.1. The number of carbonyl (C=O) groups is 3. The van der Waals surface area contributed by atoms with Gasteiger partial charge >= 0.3 is 11.9 Å². The molecule has 0 spiro atoms. The molecule has 0 amide bonds. The van der Waals surface area contributed by atoms with Gasteiger partial charge in [-0.2, -0.15) is 0 Å². The SMILES string of the molecule is C=C(C)C(=O)OCCN(CC)c1ccc(C2=C([O-])C(C3C=CC(=[N+](CC)CCOC(=O)C(=C)C)C=C3)C2=O)cc1. The fourth-order valence-corrected chi connectivity index (χ4v) is 4.60. The van der Waals surface area contributed by atoms with Gasteiger partial charge in [-0.25, -0.2) is 14.2 Å². The Morgan fingerprint density at radius 3 is 2.05 bits per heavy atom. The molecule has 1 unspecified atom stereocenters. The van der Waals surface area contributed by atoms with Crippen LogP contribution in [-0.2, 0) is 23.9 Å². The van der Waals surface area contributed by atoms with Crippen LogP contribution in [-0.4, -0.2) is 67.4 Å². The van der Waals surface area contributed by atoms with Crippen molar-refractivity contribution in [2.24, 2.45) is 11.8 Å². The second kappa shape index (κ2) is 13.7. The highest BCUT2D eigenvalue weighted by Crippen LogP contribution is 2.41. The Morgan fingerprint density at radius 1 is 0.975 bits per heavy atom. The lowest BCUT2D eigenvalue weighted by Gasteiger charge is -2.40. The minimum absolute atomic E-state index is 0.154. The largest absolute Gasteiger partial charge is 0.874 e. The molecule has 0 saturated heterocycles. The second-order valence-electron chi connectivity index (χ2n) is 9.84. The quantitative estimate of drug-likeness (QED) is 0.213. The fourth-order valence-electron chi connectivity index (χ4n) is 4.60. The molecule has 212 valence electrons. The number of ketones is 1. The van der Waals surface area contributed by atoms with Gasteiger partial charge in [-0.15, -0.1) is 5.76 Å². The number of hydrogen-bond acceptors (Lipinski definition) is 7. The highest BCUT2D eigenvalue weighted by atomic mass is 16.5. The molecule has 40 heavy (non-hydrogen) atoms. The standard InChI is InChI=1S/C32H38N2O6/c1-7-33(17-19-39-31(37)21(3)4)25-13-9-23(10-14-25)27-29(35)28(30(27)36)24-11-15-26(16-12-24)34(8-2)18-20-40-32(38)22(5)6/h9-16,23,27H,3,5,7-8,17-20H2,1-2,4,6H3. The number of likely N-dealkylation sites (N-methyl/N-ethyl adjacent to an activating group) is 2. The zero-order valence-corrected chi connectivity index (χ0v) is 23.8. The molecule has 0 fully saturated rings. The normalized spacial score (nSPS) is 17.8. The molecule has 1 atom stereocenters. The van der Waals surface area contributed by atoms with Crippen LogP contribution in [0.4, 0.5) is 5.69 Å². The maximum atomic E-state index is 13.1. The van der Waals surface area contributed by atoms with Crippen molar-refractivity contribution < 1.29 is 33.5 Å². The first kappa shape index (κ1) is 30.3. The van der Waals surface area contributed by atoms with E-state index >= 15 is 0 Å². The molecule has 8 nitrogen and oxygen atoms in total. The summed E-state index contributed by atoms with van der Waals surface area (Å²) in [6.07, 6.45) is 7.60. The van der Waals surface area contributed by atoms with E-state index in [9.17, 15) is 19.5 Å². The molecule has 0 heterocycles. The molecule has 3 rings (SSSR count). The number of anilines is 1. The Hall–Kier alpha value is -4.20. The van der Waals surface area contributed by atoms with Gasteiger partial charge in [-0.3, -0.25) is 4.79 Å². The molecule has 0 aromatic heterocycles. The smallest absolute Gasteiger partial charge is 0.333 e. The van der Waals surface area contributed by atoms with Crippen molar-refractivity contribution in [1.82, 2.24) is 0 Å². The summed E-state index contributed by atoms with van der Waals surface area (Å²) < 4.78 is 12.4. The van der Waals surface area contributed by atoms with E-state index in [1.165, 1.54) is 0 Å². The molecule has 2 aliphatic carbocycles. The average Bonchev–Trinajstić information content (AvgIpc) is 2.94. The van der Waals surface area contributed by atoms with Crippen molar-refractivity contribution in [2.75, 3.05) is 44.3 Å². The predicted molar refractivity (Wildman–Crippen MR) is 154 cm³/mol. The summed E-state index contributed by atoms with van der Waals surface area (Å²) in [4.78, 5) is 38.3. The van der Waals surface area contributed by atoms with Crippen molar-refractivity contribution in [1.29, 1.82) is 0 Å². The van der Waals surface area contributed by atoms with E-state index in [4.69, 9.17) is 9.47 Å². The number of rotatable bonds is 13. The summed E-state index contributed by atoms with van der Waals surface area (Å²) >= 11 is 0. The molecule has 0 N–H and O–H groups in total. The third-order valence-electron chi connectivity index (χ3n) is 6.96. The number of esters is 2. The van der Waals surface area contributed by atoms with E-state index in [2.05, 4.69) is 17.7 Å². The fraction of sp³-hybridized carbons (Fsp3) is 0.375. The molecule has 0 aliphatic heterocycles. The minimum atomic E-state index is -0.717. The highest BCUT2D eigenvalue weighted by Gasteiger charge is 2.38. The van der Waals surface area contributed by atoms with Gasteiger partial charge in [0.2, 0.25) is 0 Å². The Kier molecular flexibility index (Phi) is 10.4. The Balaban J connectivity index is 1.63. The van der Waals surface area contributed by atoms with E-state index < -0.39 is 17.9 Å². The molecule has 2 aliphatic rings. The van der Waals surface area contributed by atoms with Crippen LogP contribution in [0.5, 0.6) is 0 Å². The van der Waals surface area contributed by atoms with E-state index in [1.54, 1.807) is 26.0 Å². The second-order valence-corrected chi connectivity index (χ2v) is 9.84. The predicted octanol–water partition coefficient (Wildman–Crippen LogP) is 3.24. The maximum Gasteiger partial charge on any atom is 0.333 e. The van der Waals surface area contributed by atoms with Crippen LogP contribution in [0.25, 0.3) is 5.57 Å². The molecular weight excluding hydrogens is 508 g/mol. The first-order chi connectivity index (χ1) is 19.1. The highest BCUT2D eigenvalue weighted by molar-refractivity contribution is 6.29. The number of ether oxygens (including phenoxy) is 2. The third kappa shape index (κ3) is 7.05. The Morgan fingerprint density at radius 2 is 1.55 bits per heavy atom. The lowest BCUT2D eigenvalue weighted by Crippen LogP contribution is -2.41. The summed E-state index contributed by atoms with van der Waals surface area (Å²) in [7, 11) is 0. The topological polar surface area (TPSA) is 99.0 Å². The number of carbonyl (C=O) groups excluding carboxylic acids is 3. The van der Waals surface area contributed by atoms with Gasteiger partial charge in [0.05, 0.1) is 6.54 Å². The van der Waals surface area contributed by atoms with Crippen molar-refractivity contribution >= 4 is 34.7 Å². The van der Waals surface area contributed by atoms with Gasteiger partial charge in [0, 0.05) is 52.9 Å².